The Morgan fingerprint density at radius 2 is 1.50 bits per heavy atom. The Balaban J connectivity index is 1.98. The smallest absolute Gasteiger partial charge is 0.198 e. The molecule has 0 atom stereocenters. The quantitative estimate of drug-likeness (QED) is 0.354. The minimum absolute atomic E-state index is 0.611. The molecule has 0 aliphatic heterocycles. The molecule has 140 valence electrons. The molecule has 4 rings (SSSR count). The first-order chi connectivity index (χ1) is 13.8. The second kappa shape index (κ2) is 6.91. The van der Waals surface area contributed by atoms with E-state index in [4.69, 9.17) is 1.37 Å². The minimum atomic E-state index is 0.611. The first-order valence-electron chi connectivity index (χ1n) is 10.4. The third-order valence-electron chi connectivity index (χ3n) is 5.84. The molecule has 0 aliphatic carbocycles. The molecular formula is C27H28N+. The second-order valence-electron chi connectivity index (χ2n) is 7.96. The lowest BCUT2D eigenvalue weighted by Crippen LogP contribution is -2.35. The standard InChI is InChI=1S/C27H28N/c1-17-10-12-25-23(14-17)16-21(5)28(6)27(25)24-13-11-22(15-20(24)4)26-18(2)8-7-9-19(26)3/h7-16H,1-6H3/q+1/i16D. The lowest BCUT2D eigenvalue weighted by Gasteiger charge is -2.14. The average Bonchev–Trinajstić information content (AvgIpc) is 2.68. The van der Waals surface area contributed by atoms with Gasteiger partial charge in [0, 0.05) is 18.5 Å². The van der Waals surface area contributed by atoms with E-state index in [9.17, 15) is 0 Å². The molecule has 0 fully saturated rings. The number of benzene rings is 3. The van der Waals surface area contributed by atoms with Crippen LogP contribution in [0.2, 0.25) is 0 Å². The molecule has 0 radical (unpaired) electrons. The van der Waals surface area contributed by atoms with Gasteiger partial charge in [-0.3, -0.25) is 0 Å². The van der Waals surface area contributed by atoms with Gasteiger partial charge in [0.2, 0.25) is 5.69 Å². The van der Waals surface area contributed by atoms with E-state index in [2.05, 4.69) is 93.9 Å². The molecular weight excluding hydrogens is 338 g/mol. The number of hydrogen-bond acceptors (Lipinski definition) is 0. The highest BCUT2D eigenvalue weighted by Crippen LogP contribution is 2.34. The van der Waals surface area contributed by atoms with E-state index in [1.807, 2.05) is 6.92 Å². The van der Waals surface area contributed by atoms with Gasteiger partial charge in [0.25, 0.3) is 0 Å². The van der Waals surface area contributed by atoms with E-state index in [0.29, 0.717) is 6.04 Å². The van der Waals surface area contributed by atoms with Crippen LogP contribution in [0.5, 0.6) is 0 Å². The molecule has 0 unspecified atom stereocenters. The maximum absolute atomic E-state index is 8.61. The van der Waals surface area contributed by atoms with Crippen molar-refractivity contribution in [1.29, 1.82) is 0 Å². The van der Waals surface area contributed by atoms with Crippen molar-refractivity contribution in [2.24, 2.45) is 7.05 Å². The van der Waals surface area contributed by atoms with Crippen LogP contribution in [0.1, 0.15) is 29.3 Å². The molecule has 0 saturated heterocycles. The van der Waals surface area contributed by atoms with Crippen LogP contribution in [-0.2, 0) is 7.05 Å². The Labute approximate surface area is 169 Å². The van der Waals surface area contributed by atoms with Gasteiger partial charge in [-0.2, -0.15) is 4.57 Å². The fourth-order valence-corrected chi connectivity index (χ4v) is 4.28. The molecule has 0 saturated carbocycles. The number of aromatic nitrogens is 1. The van der Waals surface area contributed by atoms with Crippen LogP contribution in [0.4, 0.5) is 0 Å². The van der Waals surface area contributed by atoms with Crippen molar-refractivity contribution < 1.29 is 5.94 Å². The minimum Gasteiger partial charge on any atom is -0.198 e. The van der Waals surface area contributed by atoms with Crippen LogP contribution in [0.15, 0.2) is 60.6 Å². The summed E-state index contributed by atoms with van der Waals surface area (Å²) in [4.78, 5) is 0. The monoisotopic (exact) mass is 367 g/mol. The van der Waals surface area contributed by atoms with Gasteiger partial charge in [-0.15, -0.1) is 0 Å². The van der Waals surface area contributed by atoms with Gasteiger partial charge in [0.15, 0.2) is 5.69 Å². The number of nitrogens with zero attached hydrogens (tertiary/aromatic N) is 1. The molecule has 3 aromatic carbocycles. The summed E-state index contributed by atoms with van der Waals surface area (Å²) in [6.45, 7) is 10.7. The second-order valence-corrected chi connectivity index (χ2v) is 7.96. The predicted octanol–water partition coefficient (Wildman–Crippen LogP) is 6.54. The van der Waals surface area contributed by atoms with Crippen molar-refractivity contribution in [3.05, 3.63) is 88.6 Å². The summed E-state index contributed by atoms with van der Waals surface area (Å²) < 4.78 is 10.8. The SMILES string of the molecule is [2H]c1c(C)[n+](C)c(-c2ccc(-c3c(C)cccc3C)cc2C)c2ccc(C)cc12. The molecule has 1 heterocycles. The molecule has 1 aromatic heterocycles. The van der Waals surface area contributed by atoms with E-state index in [-0.39, 0.29) is 0 Å². The van der Waals surface area contributed by atoms with E-state index < -0.39 is 0 Å². The van der Waals surface area contributed by atoms with E-state index in [0.717, 1.165) is 16.5 Å². The molecule has 0 N–H and O–H groups in total. The van der Waals surface area contributed by atoms with Crippen LogP contribution >= 0.6 is 0 Å². The zero-order valence-electron chi connectivity index (χ0n) is 18.6. The first kappa shape index (κ1) is 17.2. The highest BCUT2D eigenvalue weighted by Gasteiger charge is 2.20. The van der Waals surface area contributed by atoms with Crippen molar-refractivity contribution >= 4 is 10.8 Å². The number of pyridine rings is 1. The van der Waals surface area contributed by atoms with Crippen molar-refractivity contribution in [2.45, 2.75) is 34.6 Å². The fraction of sp³-hybridized carbons (Fsp3) is 0.222. The third-order valence-corrected chi connectivity index (χ3v) is 5.84. The molecule has 1 nitrogen and oxygen atoms in total. The zero-order valence-corrected chi connectivity index (χ0v) is 17.6. The highest BCUT2D eigenvalue weighted by molar-refractivity contribution is 5.94. The van der Waals surface area contributed by atoms with Crippen LogP contribution < -0.4 is 4.57 Å². The lowest BCUT2D eigenvalue weighted by molar-refractivity contribution is -0.665. The molecule has 0 spiro atoms. The fourth-order valence-electron chi connectivity index (χ4n) is 4.28. The zero-order chi connectivity index (χ0) is 20.9. The normalized spacial score (nSPS) is 11.7. The van der Waals surface area contributed by atoms with Crippen molar-refractivity contribution in [3.8, 4) is 22.4 Å². The summed E-state index contributed by atoms with van der Waals surface area (Å²) in [6.07, 6.45) is 0. The van der Waals surface area contributed by atoms with Gasteiger partial charge < -0.3 is 0 Å². The average molecular weight is 368 g/mol. The predicted molar refractivity (Wildman–Crippen MR) is 120 cm³/mol. The molecule has 0 bridgehead atoms. The Morgan fingerprint density at radius 1 is 0.786 bits per heavy atom. The van der Waals surface area contributed by atoms with E-state index >= 15 is 0 Å². The van der Waals surface area contributed by atoms with Gasteiger partial charge in [0.05, 0.1) is 6.76 Å². The summed E-state index contributed by atoms with van der Waals surface area (Å²) >= 11 is 0. The lowest BCUT2D eigenvalue weighted by atomic mass is 9.91. The molecule has 0 amide bonds. The Bertz CT molecular complexity index is 1250. The first-order valence-corrected chi connectivity index (χ1v) is 9.86. The Morgan fingerprint density at radius 3 is 2.18 bits per heavy atom. The highest BCUT2D eigenvalue weighted by atomic mass is 14.9. The Hall–Kier alpha value is -2.93. The number of hydrogen-bond donors (Lipinski definition) is 0. The molecule has 0 aliphatic rings. The van der Waals surface area contributed by atoms with Crippen LogP contribution in [0.3, 0.4) is 0 Å². The van der Waals surface area contributed by atoms with Crippen LogP contribution in [0.25, 0.3) is 33.2 Å². The van der Waals surface area contributed by atoms with Gasteiger partial charge in [-0.1, -0.05) is 48.0 Å². The van der Waals surface area contributed by atoms with Gasteiger partial charge >= 0.3 is 0 Å². The van der Waals surface area contributed by atoms with Crippen molar-refractivity contribution in [2.75, 3.05) is 0 Å². The van der Waals surface area contributed by atoms with Crippen LogP contribution in [0, 0.1) is 34.6 Å². The Kier molecular flexibility index (Phi) is 4.24. The summed E-state index contributed by atoms with van der Waals surface area (Å²) in [5.74, 6) is 0. The number of fused-ring (bicyclic) bond motifs is 1. The van der Waals surface area contributed by atoms with Crippen molar-refractivity contribution in [1.82, 2.24) is 0 Å². The number of rotatable bonds is 2. The third kappa shape index (κ3) is 3.01. The largest absolute Gasteiger partial charge is 0.220 e. The molecule has 28 heavy (non-hydrogen) atoms. The number of aryl methyl sites for hydroxylation is 4. The summed E-state index contributed by atoms with van der Waals surface area (Å²) in [5.41, 5.74) is 11.0. The van der Waals surface area contributed by atoms with E-state index in [1.54, 1.807) is 0 Å². The molecule has 1 heteroatoms. The summed E-state index contributed by atoms with van der Waals surface area (Å²) in [7, 11) is 2.07. The maximum atomic E-state index is 8.61. The maximum Gasteiger partial charge on any atom is 0.220 e. The summed E-state index contributed by atoms with van der Waals surface area (Å²) in [5, 5.41) is 2.16. The van der Waals surface area contributed by atoms with Gasteiger partial charge in [-0.25, -0.2) is 0 Å². The topological polar surface area (TPSA) is 3.88 Å². The van der Waals surface area contributed by atoms with Crippen LogP contribution in [-0.4, -0.2) is 0 Å². The summed E-state index contributed by atoms with van der Waals surface area (Å²) in [6, 6.07) is 20.3. The molecule has 4 aromatic rings. The van der Waals surface area contributed by atoms with Gasteiger partial charge in [-0.05, 0) is 73.0 Å². The van der Waals surface area contributed by atoms with Crippen molar-refractivity contribution in [3.63, 3.8) is 0 Å². The van der Waals surface area contributed by atoms with Gasteiger partial charge in [0.1, 0.15) is 7.05 Å². The van der Waals surface area contributed by atoms with E-state index in [1.165, 1.54) is 44.6 Å².